The Morgan fingerprint density at radius 1 is 1.14 bits per heavy atom. The summed E-state index contributed by atoms with van der Waals surface area (Å²) in [5, 5.41) is 13.7. The van der Waals surface area contributed by atoms with Crippen LogP contribution < -0.4 is 5.32 Å². The second kappa shape index (κ2) is 7.59. The van der Waals surface area contributed by atoms with Gasteiger partial charge in [-0.2, -0.15) is 0 Å². The van der Waals surface area contributed by atoms with Crippen molar-refractivity contribution in [1.29, 1.82) is 0 Å². The van der Waals surface area contributed by atoms with Crippen LogP contribution in [0.2, 0.25) is 0 Å². The Labute approximate surface area is 127 Å². The highest BCUT2D eigenvalue weighted by atomic mass is 32.1. The summed E-state index contributed by atoms with van der Waals surface area (Å²) in [5.74, 6) is -0.944. The van der Waals surface area contributed by atoms with Crippen molar-refractivity contribution in [2.24, 2.45) is 0 Å². The van der Waals surface area contributed by atoms with Crippen LogP contribution in [0.25, 0.3) is 0 Å². The molecule has 1 aromatic heterocycles. The molecule has 2 aromatic rings. The van der Waals surface area contributed by atoms with E-state index in [2.05, 4.69) is 5.32 Å². The van der Waals surface area contributed by atoms with E-state index in [1.54, 1.807) is 0 Å². The molecule has 110 valence electrons. The fourth-order valence-corrected chi connectivity index (χ4v) is 2.80. The monoisotopic (exact) mass is 303 g/mol. The van der Waals surface area contributed by atoms with Gasteiger partial charge in [0.25, 0.3) is 0 Å². The molecular weight excluding hydrogens is 286 g/mol. The van der Waals surface area contributed by atoms with E-state index in [9.17, 15) is 9.59 Å². The topological polar surface area (TPSA) is 66.4 Å². The van der Waals surface area contributed by atoms with Crippen molar-refractivity contribution < 1.29 is 14.7 Å². The molecule has 0 fully saturated rings. The van der Waals surface area contributed by atoms with Gasteiger partial charge in [-0.15, -0.1) is 11.3 Å². The smallest absolute Gasteiger partial charge is 0.303 e. The Morgan fingerprint density at radius 2 is 1.90 bits per heavy atom. The summed E-state index contributed by atoms with van der Waals surface area (Å²) >= 11 is 1.54. The van der Waals surface area contributed by atoms with E-state index in [4.69, 9.17) is 5.11 Å². The Bertz CT molecular complexity index is 581. The minimum atomic E-state index is -0.858. The number of carboxylic acids is 1. The summed E-state index contributed by atoms with van der Waals surface area (Å²) in [4.78, 5) is 23.9. The number of carbonyl (C=O) groups is 2. The van der Waals surface area contributed by atoms with E-state index < -0.39 is 5.97 Å². The SMILES string of the molecule is O=C(O)CCC(NC(=O)Cc1cccs1)c1ccccc1. The lowest BCUT2D eigenvalue weighted by atomic mass is 10.0. The zero-order chi connectivity index (χ0) is 15.1. The highest BCUT2D eigenvalue weighted by Gasteiger charge is 2.16. The lowest BCUT2D eigenvalue weighted by Crippen LogP contribution is -2.30. The minimum absolute atomic E-state index is 0.0266. The fourth-order valence-electron chi connectivity index (χ4n) is 2.09. The number of amides is 1. The average Bonchev–Trinajstić information content (AvgIpc) is 2.97. The molecule has 0 aliphatic heterocycles. The van der Waals surface area contributed by atoms with Gasteiger partial charge >= 0.3 is 5.97 Å². The van der Waals surface area contributed by atoms with Gasteiger partial charge in [-0.05, 0) is 23.4 Å². The van der Waals surface area contributed by atoms with E-state index in [1.165, 1.54) is 11.3 Å². The number of nitrogens with one attached hydrogen (secondary N) is 1. The molecule has 0 saturated heterocycles. The molecule has 0 spiro atoms. The van der Waals surface area contributed by atoms with Crippen LogP contribution in [0.1, 0.15) is 29.3 Å². The van der Waals surface area contributed by atoms with Crippen LogP contribution in [0.4, 0.5) is 0 Å². The highest BCUT2D eigenvalue weighted by molar-refractivity contribution is 7.10. The van der Waals surface area contributed by atoms with Crippen molar-refractivity contribution in [1.82, 2.24) is 5.32 Å². The van der Waals surface area contributed by atoms with Crippen LogP contribution in [0.3, 0.4) is 0 Å². The van der Waals surface area contributed by atoms with E-state index >= 15 is 0 Å². The first-order chi connectivity index (χ1) is 10.1. The van der Waals surface area contributed by atoms with E-state index in [0.717, 1.165) is 10.4 Å². The van der Waals surface area contributed by atoms with Crippen LogP contribution >= 0.6 is 11.3 Å². The molecule has 21 heavy (non-hydrogen) atoms. The molecule has 1 aromatic carbocycles. The number of hydrogen-bond acceptors (Lipinski definition) is 3. The van der Waals surface area contributed by atoms with Crippen molar-refractivity contribution in [3.8, 4) is 0 Å². The number of thiophene rings is 1. The van der Waals surface area contributed by atoms with Crippen molar-refractivity contribution in [2.45, 2.75) is 25.3 Å². The summed E-state index contributed by atoms with van der Waals surface area (Å²) in [7, 11) is 0. The molecule has 1 amide bonds. The molecule has 4 nitrogen and oxygen atoms in total. The van der Waals surface area contributed by atoms with Gasteiger partial charge in [0, 0.05) is 11.3 Å². The first-order valence-corrected chi connectivity index (χ1v) is 7.61. The minimum Gasteiger partial charge on any atom is -0.481 e. The largest absolute Gasteiger partial charge is 0.481 e. The summed E-state index contributed by atoms with van der Waals surface area (Å²) in [6.45, 7) is 0. The zero-order valence-electron chi connectivity index (χ0n) is 11.5. The normalized spacial score (nSPS) is 11.8. The van der Waals surface area contributed by atoms with Crippen LogP contribution in [-0.4, -0.2) is 17.0 Å². The van der Waals surface area contributed by atoms with Crippen molar-refractivity contribution in [3.63, 3.8) is 0 Å². The first-order valence-electron chi connectivity index (χ1n) is 6.73. The number of benzene rings is 1. The average molecular weight is 303 g/mol. The first kappa shape index (κ1) is 15.3. The molecule has 2 rings (SSSR count). The number of aliphatic carboxylic acids is 1. The Balaban J connectivity index is 2.01. The zero-order valence-corrected chi connectivity index (χ0v) is 12.3. The Kier molecular flexibility index (Phi) is 5.51. The van der Waals surface area contributed by atoms with Crippen LogP contribution in [0.15, 0.2) is 47.8 Å². The number of hydrogen-bond donors (Lipinski definition) is 2. The number of carbonyl (C=O) groups excluding carboxylic acids is 1. The number of carboxylic acid groups (broad SMARTS) is 1. The third kappa shape index (κ3) is 5.04. The summed E-state index contributed by atoms with van der Waals surface area (Å²) < 4.78 is 0. The maximum absolute atomic E-state index is 12.1. The molecule has 0 aliphatic rings. The molecule has 0 radical (unpaired) electrons. The van der Waals surface area contributed by atoms with Crippen LogP contribution in [0, 0.1) is 0 Å². The molecule has 0 bridgehead atoms. The molecule has 0 saturated carbocycles. The van der Waals surface area contributed by atoms with E-state index in [1.807, 2.05) is 47.8 Å². The van der Waals surface area contributed by atoms with Gasteiger partial charge in [0.1, 0.15) is 0 Å². The van der Waals surface area contributed by atoms with Gasteiger partial charge < -0.3 is 10.4 Å². The van der Waals surface area contributed by atoms with Gasteiger partial charge in [0.05, 0.1) is 12.5 Å². The van der Waals surface area contributed by atoms with Crippen molar-refractivity contribution in [3.05, 3.63) is 58.3 Å². The molecule has 1 heterocycles. The molecule has 5 heteroatoms. The molecule has 1 unspecified atom stereocenters. The lowest BCUT2D eigenvalue weighted by molar-refractivity contribution is -0.137. The van der Waals surface area contributed by atoms with Gasteiger partial charge in [-0.1, -0.05) is 36.4 Å². The second-order valence-corrected chi connectivity index (χ2v) is 5.75. The number of rotatable bonds is 7. The van der Waals surface area contributed by atoms with Gasteiger partial charge in [-0.25, -0.2) is 0 Å². The van der Waals surface area contributed by atoms with Crippen LogP contribution in [0.5, 0.6) is 0 Å². The summed E-state index contributed by atoms with van der Waals surface area (Å²) in [6.07, 6.45) is 0.739. The summed E-state index contributed by atoms with van der Waals surface area (Å²) in [5.41, 5.74) is 0.929. The Hall–Kier alpha value is -2.14. The van der Waals surface area contributed by atoms with Crippen molar-refractivity contribution >= 4 is 23.2 Å². The Morgan fingerprint density at radius 3 is 2.52 bits per heavy atom. The van der Waals surface area contributed by atoms with Gasteiger partial charge in [0.2, 0.25) is 5.91 Å². The third-order valence-corrected chi connectivity index (χ3v) is 3.98. The van der Waals surface area contributed by atoms with Gasteiger partial charge in [0.15, 0.2) is 0 Å². The molecule has 1 atom stereocenters. The predicted octanol–water partition coefficient (Wildman–Crippen LogP) is 3.01. The quantitative estimate of drug-likeness (QED) is 0.826. The molecule has 0 aliphatic carbocycles. The lowest BCUT2D eigenvalue weighted by Gasteiger charge is -2.18. The maximum Gasteiger partial charge on any atom is 0.303 e. The predicted molar refractivity (Wildman–Crippen MR) is 82.2 cm³/mol. The molecular formula is C16H17NO3S. The van der Waals surface area contributed by atoms with Crippen LogP contribution in [-0.2, 0) is 16.0 Å². The van der Waals surface area contributed by atoms with E-state index in [-0.39, 0.29) is 18.4 Å². The fraction of sp³-hybridized carbons (Fsp3) is 0.250. The highest BCUT2D eigenvalue weighted by Crippen LogP contribution is 2.19. The van der Waals surface area contributed by atoms with Crippen molar-refractivity contribution in [2.75, 3.05) is 0 Å². The maximum atomic E-state index is 12.1. The van der Waals surface area contributed by atoms with E-state index in [0.29, 0.717) is 12.8 Å². The third-order valence-electron chi connectivity index (χ3n) is 3.10. The molecule has 2 N–H and O–H groups in total. The van der Waals surface area contributed by atoms with Gasteiger partial charge in [-0.3, -0.25) is 9.59 Å². The summed E-state index contributed by atoms with van der Waals surface area (Å²) in [6, 6.07) is 13.0. The standard InChI is InChI=1S/C16H17NO3S/c18-15(11-13-7-4-10-21-13)17-14(8-9-16(19)20)12-5-2-1-3-6-12/h1-7,10,14H,8-9,11H2,(H,17,18)(H,19,20). The second-order valence-electron chi connectivity index (χ2n) is 4.72.